The molecule has 47 heavy (non-hydrogen) atoms. The van der Waals surface area contributed by atoms with Crippen molar-refractivity contribution in [2.75, 3.05) is 7.11 Å². The second-order valence-electron chi connectivity index (χ2n) is 11.8. The Hall–Kier alpha value is -3.62. The van der Waals surface area contributed by atoms with Gasteiger partial charge in [0.1, 0.15) is 22.8 Å². The van der Waals surface area contributed by atoms with Crippen molar-refractivity contribution in [2.24, 2.45) is 0 Å². The molecule has 3 aliphatic rings. The van der Waals surface area contributed by atoms with Crippen molar-refractivity contribution in [3.05, 3.63) is 81.7 Å². The first-order valence-corrected chi connectivity index (χ1v) is 14.7. The molecule has 3 aromatic rings. The van der Waals surface area contributed by atoms with E-state index < -0.39 is 82.6 Å². The Morgan fingerprint density at radius 1 is 1.06 bits per heavy atom. The van der Waals surface area contributed by atoms with Crippen LogP contribution in [-0.4, -0.2) is 80.0 Å². The number of hydrogen-bond acceptors (Lipinski definition) is 12. The van der Waals surface area contributed by atoms with Crippen LogP contribution in [0.3, 0.4) is 0 Å². The molecule has 0 saturated carbocycles. The van der Waals surface area contributed by atoms with Crippen LogP contribution in [0.1, 0.15) is 81.3 Å². The lowest BCUT2D eigenvalue weighted by atomic mass is 9.72. The van der Waals surface area contributed by atoms with Crippen molar-refractivity contribution in [3.63, 3.8) is 0 Å². The lowest BCUT2D eigenvalue weighted by Crippen LogP contribution is -2.54. The Labute approximate surface area is 282 Å². The summed E-state index contributed by atoms with van der Waals surface area (Å²) in [6.07, 6.45) is -1.06. The van der Waals surface area contributed by atoms with Gasteiger partial charge in [0.05, 0.1) is 42.1 Å². The minimum absolute atomic E-state index is 0. The van der Waals surface area contributed by atoms with Crippen LogP contribution in [0.15, 0.2) is 42.7 Å². The average Bonchev–Trinajstić information content (AvgIpc) is 3.02. The largest absolute Gasteiger partial charge is 0.507 e. The minimum Gasteiger partial charge on any atom is -0.507 e. The summed E-state index contributed by atoms with van der Waals surface area (Å²) in [5.41, 5.74) is -2.08. The molecule has 6 atom stereocenters. The molecule has 6 rings (SSSR count). The van der Waals surface area contributed by atoms with E-state index in [1.54, 1.807) is 19.3 Å². The average molecular weight is 692 g/mol. The van der Waals surface area contributed by atoms with Gasteiger partial charge in [0.2, 0.25) is 5.78 Å². The number of carbonyl (C=O) groups is 3. The Bertz CT molecular complexity index is 1700. The van der Waals surface area contributed by atoms with E-state index in [9.17, 15) is 34.8 Å². The highest BCUT2D eigenvalue weighted by molar-refractivity contribution is 6.31. The lowest BCUT2D eigenvalue weighted by molar-refractivity contribution is -0.249. The second kappa shape index (κ2) is 13.9. The first-order valence-electron chi connectivity index (χ1n) is 14.7. The molecule has 1 aromatic heterocycles. The third kappa shape index (κ3) is 6.22. The van der Waals surface area contributed by atoms with E-state index in [-0.39, 0.29) is 65.7 Å². The van der Waals surface area contributed by atoms with E-state index in [0.717, 1.165) is 5.56 Å². The number of aliphatic hydroxyl groups is 2. The van der Waals surface area contributed by atoms with Gasteiger partial charge >= 0.3 is 0 Å². The Kier molecular flexibility index (Phi) is 10.7. The van der Waals surface area contributed by atoms with Crippen molar-refractivity contribution < 1.29 is 49.0 Å². The maximum absolute atomic E-state index is 13.8. The van der Waals surface area contributed by atoms with E-state index in [2.05, 4.69) is 10.3 Å². The molecule has 0 spiro atoms. The van der Waals surface area contributed by atoms with Gasteiger partial charge in [-0.15, -0.1) is 24.8 Å². The van der Waals surface area contributed by atoms with Gasteiger partial charge in [-0.2, -0.15) is 0 Å². The van der Waals surface area contributed by atoms with E-state index in [1.165, 1.54) is 32.2 Å². The molecule has 1 fully saturated rings. The highest BCUT2D eigenvalue weighted by atomic mass is 35.5. The summed E-state index contributed by atoms with van der Waals surface area (Å²) in [4.78, 5) is 44.2. The molecule has 1 aliphatic heterocycles. The number of Topliss-reactive ketones (excluding diaryl/α,β-unsaturated/α-hetero) is 1. The lowest BCUT2D eigenvalue weighted by Gasteiger charge is -2.43. The van der Waals surface area contributed by atoms with Crippen LogP contribution in [-0.2, 0) is 27.2 Å². The van der Waals surface area contributed by atoms with Crippen LogP contribution >= 0.6 is 24.8 Å². The topological polar surface area (TPSA) is 185 Å². The summed E-state index contributed by atoms with van der Waals surface area (Å²) >= 11 is 0. The number of carbonyl (C=O) groups excluding carboxylic acids is 3. The number of ketones is 3. The Balaban J connectivity index is 0.00000250. The summed E-state index contributed by atoms with van der Waals surface area (Å²) in [5.74, 6) is -3.15. The molecule has 12 nitrogen and oxygen atoms in total. The third-order valence-corrected chi connectivity index (χ3v) is 9.07. The molecule has 0 bridgehead atoms. The second-order valence-corrected chi connectivity index (χ2v) is 11.8. The number of ether oxygens (including phenoxy) is 3. The van der Waals surface area contributed by atoms with Crippen LogP contribution < -0.4 is 10.1 Å². The number of fused-ring (bicyclic) bond motifs is 3. The molecule has 252 valence electrons. The van der Waals surface area contributed by atoms with Gasteiger partial charge in [-0.25, -0.2) is 0 Å². The SMILES string of the molecule is COc1cccc2c1C(=O)c1c(O)c3c(c(O)c1C2=O)C[C@@](O)(C(C)=O)C[C@@H]3O[C@H]1C[C@H](NCc2ccncc2)[C@H](O)[C@H](C)O1.Cl.Cl. The predicted octanol–water partition coefficient (Wildman–Crippen LogP) is 3.10. The highest BCUT2D eigenvalue weighted by Crippen LogP contribution is 2.52. The third-order valence-electron chi connectivity index (χ3n) is 9.07. The number of phenols is 2. The highest BCUT2D eigenvalue weighted by Gasteiger charge is 2.49. The smallest absolute Gasteiger partial charge is 0.202 e. The summed E-state index contributed by atoms with van der Waals surface area (Å²) in [6.45, 7) is 3.31. The fraction of sp³-hybridized carbons (Fsp3) is 0.394. The van der Waals surface area contributed by atoms with Gasteiger partial charge in [0.15, 0.2) is 17.9 Å². The van der Waals surface area contributed by atoms with Crippen molar-refractivity contribution in [2.45, 2.75) is 75.9 Å². The number of aliphatic hydroxyl groups excluding tert-OH is 1. The van der Waals surface area contributed by atoms with Crippen molar-refractivity contribution in [1.29, 1.82) is 0 Å². The van der Waals surface area contributed by atoms with E-state index in [1.807, 2.05) is 12.1 Å². The fourth-order valence-electron chi connectivity index (χ4n) is 6.58. The quantitative estimate of drug-likeness (QED) is 0.179. The number of halogens is 2. The summed E-state index contributed by atoms with van der Waals surface area (Å²) in [6, 6.07) is 7.67. The number of methoxy groups -OCH3 is 1. The normalized spacial score (nSPS) is 26.2. The van der Waals surface area contributed by atoms with Crippen molar-refractivity contribution >= 4 is 42.2 Å². The van der Waals surface area contributed by atoms with Gasteiger partial charge in [-0.3, -0.25) is 19.4 Å². The van der Waals surface area contributed by atoms with E-state index in [4.69, 9.17) is 14.2 Å². The number of phenolic OH excluding ortho intramolecular Hbond substituents is 2. The number of nitrogens with one attached hydrogen (secondary N) is 1. The number of nitrogens with zero attached hydrogens (tertiary/aromatic N) is 1. The van der Waals surface area contributed by atoms with E-state index >= 15 is 0 Å². The van der Waals surface area contributed by atoms with Gasteiger partial charge in [0, 0.05) is 60.9 Å². The molecule has 2 aliphatic carbocycles. The molecule has 2 heterocycles. The zero-order chi connectivity index (χ0) is 32.2. The number of hydrogen-bond donors (Lipinski definition) is 5. The van der Waals surface area contributed by atoms with Crippen molar-refractivity contribution in [3.8, 4) is 17.2 Å². The van der Waals surface area contributed by atoms with Gasteiger partial charge < -0.3 is 40.0 Å². The monoisotopic (exact) mass is 690 g/mol. The molecule has 0 amide bonds. The first-order chi connectivity index (χ1) is 21.4. The maximum Gasteiger partial charge on any atom is 0.202 e. The molecular weight excluding hydrogens is 655 g/mol. The molecular formula is C33H36Cl2N2O10. The van der Waals surface area contributed by atoms with Crippen molar-refractivity contribution in [1.82, 2.24) is 10.3 Å². The number of rotatable bonds is 7. The molecule has 0 unspecified atom stereocenters. The summed E-state index contributed by atoms with van der Waals surface area (Å²) in [7, 11) is 1.35. The number of benzene rings is 2. The van der Waals surface area contributed by atoms with Crippen LogP contribution in [0.2, 0.25) is 0 Å². The zero-order valence-corrected chi connectivity index (χ0v) is 27.4. The number of aromatic nitrogens is 1. The number of aromatic hydroxyl groups is 2. The van der Waals surface area contributed by atoms with Crippen LogP contribution in [0, 0.1) is 0 Å². The Morgan fingerprint density at radius 3 is 2.40 bits per heavy atom. The first kappa shape index (κ1) is 36.2. The van der Waals surface area contributed by atoms with Crippen LogP contribution in [0.25, 0.3) is 0 Å². The fourth-order valence-corrected chi connectivity index (χ4v) is 6.58. The molecule has 5 N–H and O–H groups in total. The van der Waals surface area contributed by atoms with Crippen LogP contribution in [0.5, 0.6) is 17.2 Å². The van der Waals surface area contributed by atoms with Gasteiger partial charge in [-0.1, -0.05) is 12.1 Å². The maximum atomic E-state index is 13.8. The van der Waals surface area contributed by atoms with Gasteiger partial charge in [-0.05, 0) is 37.6 Å². The zero-order valence-electron chi connectivity index (χ0n) is 25.8. The van der Waals surface area contributed by atoms with E-state index in [0.29, 0.717) is 6.54 Å². The molecule has 0 radical (unpaired) electrons. The molecule has 14 heteroatoms. The standard InChI is InChI=1S/C33H34N2O10.2ClH/c1-15-28(37)20(35-14-17-7-9-34-10-8-17)11-23(44-15)45-22-13-33(42,16(2)36)12-19-25(22)32(41)27-26(30(19)39)29(38)18-5-4-6-21(43-3)24(18)31(27)40;;/h4-10,15,20,22-23,28,35,37,39,41-42H,11-14H2,1-3H3;2*1H/t15-,20-,22-,23-,28+,33-;;/m0../s1. The summed E-state index contributed by atoms with van der Waals surface area (Å²) in [5, 5.41) is 48.8. The predicted molar refractivity (Wildman–Crippen MR) is 172 cm³/mol. The summed E-state index contributed by atoms with van der Waals surface area (Å²) < 4.78 is 17.6. The number of pyridine rings is 1. The minimum atomic E-state index is -2.02. The molecule has 1 saturated heterocycles. The van der Waals surface area contributed by atoms with Crippen LogP contribution in [0.4, 0.5) is 0 Å². The Morgan fingerprint density at radius 2 is 1.74 bits per heavy atom. The molecule has 2 aromatic carbocycles. The van der Waals surface area contributed by atoms with Gasteiger partial charge in [0.25, 0.3) is 0 Å².